The Morgan fingerprint density at radius 2 is 1.19 bits per heavy atom. The lowest BCUT2D eigenvalue weighted by Gasteiger charge is -2.26. The van der Waals surface area contributed by atoms with Gasteiger partial charge >= 0.3 is 0 Å². The van der Waals surface area contributed by atoms with Crippen molar-refractivity contribution in [2.45, 2.75) is 13.1 Å². The fourth-order valence-electron chi connectivity index (χ4n) is 3.44. The summed E-state index contributed by atoms with van der Waals surface area (Å²) < 4.78 is 10.8. The van der Waals surface area contributed by atoms with Gasteiger partial charge in [0.1, 0.15) is 0 Å². The van der Waals surface area contributed by atoms with Crippen molar-refractivity contribution in [3.05, 3.63) is 35.4 Å². The van der Waals surface area contributed by atoms with Crippen molar-refractivity contribution < 1.29 is 9.47 Å². The van der Waals surface area contributed by atoms with Crippen LogP contribution in [-0.2, 0) is 22.6 Å². The van der Waals surface area contributed by atoms with Crippen molar-refractivity contribution in [1.29, 1.82) is 0 Å². The molecule has 0 amide bonds. The Morgan fingerprint density at radius 1 is 0.731 bits per heavy atom. The lowest BCUT2D eigenvalue weighted by molar-refractivity contribution is 0.0383. The van der Waals surface area contributed by atoms with Crippen LogP contribution in [0.4, 0.5) is 0 Å². The first-order valence-corrected chi connectivity index (χ1v) is 9.99. The van der Waals surface area contributed by atoms with E-state index in [1.165, 1.54) is 11.1 Å². The molecule has 0 aliphatic carbocycles. The Kier molecular flexibility index (Phi) is 8.84. The van der Waals surface area contributed by atoms with Crippen LogP contribution in [-0.4, -0.2) is 88.6 Å². The summed E-state index contributed by atoms with van der Waals surface area (Å²) in [6.45, 7) is 13.9. The predicted molar refractivity (Wildman–Crippen MR) is 104 cm³/mol. The second-order valence-electron chi connectivity index (χ2n) is 7.08. The number of rotatable bonds is 10. The summed E-state index contributed by atoms with van der Waals surface area (Å²) in [7, 11) is 0. The van der Waals surface area contributed by atoms with Gasteiger partial charge in [-0.3, -0.25) is 9.80 Å². The van der Waals surface area contributed by atoms with Crippen LogP contribution in [0.1, 0.15) is 11.1 Å². The highest BCUT2D eigenvalue weighted by Gasteiger charge is 2.10. The first kappa shape index (κ1) is 19.7. The molecule has 0 unspecified atom stereocenters. The minimum Gasteiger partial charge on any atom is -0.379 e. The van der Waals surface area contributed by atoms with Gasteiger partial charge in [-0.05, 0) is 11.1 Å². The molecular formula is C20H34N4O2. The van der Waals surface area contributed by atoms with E-state index in [0.717, 1.165) is 91.9 Å². The number of hydrogen-bond acceptors (Lipinski definition) is 6. The zero-order valence-corrected chi connectivity index (χ0v) is 15.9. The number of nitrogens with one attached hydrogen (secondary N) is 2. The van der Waals surface area contributed by atoms with Crippen LogP contribution in [0.25, 0.3) is 0 Å². The Balaban J connectivity index is 1.28. The molecule has 2 saturated heterocycles. The van der Waals surface area contributed by atoms with E-state index in [2.05, 4.69) is 44.7 Å². The van der Waals surface area contributed by atoms with Gasteiger partial charge in [0.2, 0.25) is 0 Å². The van der Waals surface area contributed by atoms with E-state index in [1.807, 2.05) is 0 Å². The van der Waals surface area contributed by atoms with Gasteiger partial charge < -0.3 is 20.1 Å². The lowest BCUT2D eigenvalue weighted by Crippen LogP contribution is -2.40. The molecule has 26 heavy (non-hydrogen) atoms. The van der Waals surface area contributed by atoms with E-state index in [9.17, 15) is 0 Å². The molecule has 146 valence electrons. The Morgan fingerprint density at radius 3 is 1.65 bits per heavy atom. The summed E-state index contributed by atoms with van der Waals surface area (Å²) in [5.41, 5.74) is 2.72. The third-order valence-corrected chi connectivity index (χ3v) is 5.07. The lowest BCUT2D eigenvalue weighted by atomic mass is 10.1. The maximum Gasteiger partial charge on any atom is 0.0594 e. The normalized spacial score (nSPS) is 19.7. The third-order valence-electron chi connectivity index (χ3n) is 5.07. The highest BCUT2D eigenvalue weighted by molar-refractivity contribution is 5.23. The van der Waals surface area contributed by atoms with Crippen molar-refractivity contribution >= 4 is 0 Å². The monoisotopic (exact) mass is 362 g/mol. The molecule has 2 N–H and O–H groups in total. The number of ether oxygens (including phenoxy) is 2. The molecule has 2 heterocycles. The molecule has 2 fully saturated rings. The molecule has 6 nitrogen and oxygen atoms in total. The van der Waals surface area contributed by atoms with E-state index in [1.54, 1.807) is 0 Å². The van der Waals surface area contributed by atoms with E-state index >= 15 is 0 Å². The molecule has 1 aromatic carbocycles. The van der Waals surface area contributed by atoms with Gasteiger partial charge in [-0.15, -0.1) is 0 Å². The maximum absolute atomic E-state index is 5.39. The Bertz CT molecular complexity index is 461. The number of morpholine rings is 2. The fourth-order valence-corrected chi connectivity index (χ4v) is 3.44. The first-order chi connectivity index (χ1) is 12.9. The molecule has 1 aromatic rings. The summed E-state index contributed by atoms with van der Waals surface area (Å²) in [5, 5.41) is 7.13. The molecule has 3 rings (SSSR count). The van der Waals surface area contributed by atoms with E-state index in [0.29, 0.717) is 0 Å². The zero-order valence-electron chi connectivity index (χ0n) is 15.9. The summed E-state index contributed by atoms with van der Waals surface area (Å²) in [5.74, 6) is 0. The van der Waals surface area contributed by atoms with E-state index < -0.39 is 0 Å². The van der Waals surface area contributed by atoms with Crippen LogP contribution in [0.2, 0.25) is 0 Å². The predicted octanol–water partition coefficient (Wildman–Crippen LogP) is 0.530. The highest BCUT2D eigenvalue weighted by Crippen LogP contribution is 2.05. The summed E-state index contributed by atoms with van der Waals surface area (Å²) in [4.78, 5) is 4.93. The van der Waals surface area contributed by atoms with Crippen LogP contribution in [0.3, 0.4) is 0 Å². The fraction of sp³-hybridized carbons (Fsp3) is 0.700. The van der Waals surface area contributed by atoms with Crippen LogP contribution in [0.15, 0.2) is 24.3 Å². The minimum atomic E-state index is 0.876. The molecule has 0 radical (unpaired) electrons. The summed E-state index contributed by atoms with van der Waals surface area (Å²) >= 11 is 0. The molecular weight excluding hydrogens is 328 g/mol. The van der Waals surface area contributed by atoms with E-state index in [4.69, 9.17) is 9.47 Å². The number of hydrogen-bond donors (Lipinski definition) is 2. The maximum atomic E-state index is 5.39. The number of benzene rings is 1. The second-order valence-corrected chi connectivity index (χ2v) is 7.08. The zero-order chi connectivity index (χ0) is 17.9. The molecule has 0 atom stereocenters. The Labute approximate surface area is 157 Å². The molecule has 6 heteroatoms. The number of nitrogens with zero attached hydrogens (tertiary/aromatic N) is 2. The second kappa shape index (κ2) is 11.6. The van der Waals surface area contributed by atoms with Gasteiger partial charge in [0, 0.05) is 65.4 Å². The molecule has 0 bridgehead atoms. The standard InChI is InChI=1S/C20H34N4O2/c1-2-19(17-21-4-6-23-8-12-25-13-9-23)16-20(3-1)18-22-5-7-24-10-14-26-15-11-24/h1-3,16,21-22H,4-15,17-18H2. The average Bonchev–Trinajstić information content (AvgIpc) is 2.71. The molecule has 0 spiro atoms. The molecule has 0 aromatic heterocycles. The highest BCUT2D eigenvalue weighted by atomic mass is 16.5. The molecule has 0 saturated carbocycles. The molecule has 2 aliphatic heterocycles. The smallest absolute Gasteiger partial charge is 0.0594 e. The van der Waals surface area contributed by atoms with Crippen LogP contribution < -0.4 is 10.6 Å². The quantitative estimate of drug-likeness (QED) is 0.592. The summed E-state index contributed by atoms with van der Waals surface area (Å²) in [6.07, 6.45) is 0. The topological polar surface area (TPSA) is 49.0 Å². The van der Waals surface area contributed by atoms with E-state index in [-0.39, 0.29) is 0 Å². The van der Waals surface area contributed by atoms with Gasteiger partial charge in [0.05, 0.1) is 26.4 Å². The van der Waals surface area contributed by atoms with Crippen LogP contribution >= 0.6 is 0 Å². The van der Waals surface area contributed by atoms with Crippen molar-refractivity contribution in [3.8, 4) is 0 Å². The van der Waals surface area contributed by atoms with Gasteiger partial charge in [-0.1, -0.05) is 24.3 Å². The van der Waals surface area contributed by atoms with Gasteiger partial charge in [-0.2, -0.15) is 0 Å². The minimum absolute atomic E-state index is 0.876. The van der Waals surface area contributed by atoms with Crippen LogP contribution in [0.5, 0.6) is 0 Å². The largest absolute Gasteiger partial charge is 0.379 e. The van der Waals surface area contributed by atoms with Gasteiger partial charge in [0.15, 0.2) is 0 Å². The average molecular weight is 363 g/mol. The van der Waals surface area contributed by atoms with Crippen molar-refractivity contribution in [3.63, 3.8) is 0 Å². The van der Waals surface area contributed by atoms with Crippen molar-refractivity contribution in [1.82, 2.24) is 20.4 Å². The van der Waals surface area contributed by atoms with Crippen molar-refractivity contribution in [2.24, 2.45) is 0 Å². The SMILES string of the molecule is c1cc(CNCCN2CCOCC2)cc(CNCCN2CCOCC2)c1. The molecule has 2 aliphatic rings. The van der Waals surface area contributed by atoms with Crippen LogP contribution in [0, 0.1) is 0 Å². The Hall–Kier alpha value is -1.02. The third kappa shape index (κ3) is 7.31. The first-order valence-electron chi connectivity index (χ1n) is 9.99. The van der Waals surface area contributed by atoms with Gasteiger partial charge in [-0.25, -0.2) is 0 Å². The van der Waals surface area contributed by atoms with Crippen molar-refractivity contribution in [2.75, 3.05) is 78.8 Å². The van der Waals surface area contributed by atoms with Gasteiger partial charge in [0.25, 0.3) is 0 Å². The summed E-state index contributed by atoms with van der Waals surface area (Å²) in [6, 6.07) is 8.89.